The number of rotatable bonds is 4. The molecule has 3 heterocycles. The molecule has 0 saturated heterocycles. The van der Waals surface area contributed by atoms with E-state index in [1.165, 1.54) is 30.5 Å². The average Bonchev–Trinajstić information content (AvgIpc) is 3.45. The van der Waals surface area contributed by atoms with E-state index in [-0.39, 0.29) is 16.4 Å². The Morgan fingerprint density at radius 2 is 1.79 bits per heavy atom. The molecular weight excluding hydrogens is 469 g/mol. The third-order valence-electron chi connectivity index (χ3n) is 5.04. The van der Waals surface area contributed by atoms with Gasteiger partial charge in [0, 0.05) is 5.02 Å². The Labute approximate surface area is 195 Å². The number of para-hydroxylation sites is 2. The third-order valence-corrected chi connectivity index (χ3v) is 5.28. The molecule has 0 radical (unpaired) electrons. The molecule has 0 bridgehead atoms. The van der Waals surface area contributed by atoms with Gasteiger partial charge in [0.05, 0.1) is 40.4 Å². The van der Waals surface area contributed by atoms with E-state index in [9.17, 15) is 18.0 Å². The van der Waals surface area contributed by atoms with Gasteiger partial charge in [-0.15, -0.1) is 0 Å². The molecule has 11 heteroatoms. The van der Waals surface area contributed by atoms with Gasteiger partial charge < -0.3 is 5.32 Å². The molecule has 0 aliphatic rings. The van der Waals surface area contributed by atoms with Crippen molar-refractivity contribution in [3.05, 3.63) is 95.7 Å². The fourth-order valence-electron chi connectivity index (χ4n) is 3.53. The zero-order chi connectivity index (χ0) is 23.9. The Kier molecular flexibility index (Phi) is 5.29. The lowest BCUT2D eigenvalue weighted by molar-refractivity contribution is -0.143. The summed E-state index contributed by atoms with van der Waals surface area (Å²) in [7, 11) is 0. The van der Waals surface area contributed by atoms with Crippen LogP contribution in [0.1, 0.15) is 16.1 Å². The van der Waals surface area contributed by atoms with E-state index < -0.39 is 23.3 Å². The summed E-state index contributed by atoms with van der Waals surface area (Å²) in [5, 5.41) is 6.48. The molecule has 34 heavy (non-hydrogen) atoms. The number of fused-ring (bicyclic) bond motifs is 1. The Bertz CT molecular complexity index is 1510. The van der Waals surface area contributed by atoms with Gasteiger partial charge in [-0.2, -0.15) is 18.3 Å². The summed E-state index contributed by atoms with van der Waals surface area (Å²) in [6.07, 6.45) is -0.990. The first-order chi connectivity index (χ1) is 16.3. The quantitative estimate of drug-likeness (QED) is 0.365. The van der Waals surface area contributed by atoms with E-state index >= 15 is 0 Å². The highest BCUT2D eigenvalue weighted by Crippen LogP contribution is 2.34. The van der Waals surface area contributed by atoms with Crippen LogP contribution in [0.25, 0.3) is 22.5 Å². The van der Waals surface area contributed by atoms with Gasteiger partial charge in [-0.3, -0.25) is 9.36 Å². The number of carbonyl (C=O) groups is 1. The number of alkyl halides is 3. The van der Waals surface area contributed by atoms with Crippen molar-refractivity contribution >= 4 is 34.2 Å². The van der Waals surface area contributed by atoms with Crippen molar-refractivity contribution < 1.29 is 18.0 Å². The molecule has 5 rings (SSSR count). The van der Waals surface area contributed by atoms with Gasteiger partial charge in [-0.05, 0) is 42.5 Å². The molecule has 0 unspecified atom stereocenters. The summed E-state index contributed by atoms with van der Waals surface area (Å²) in [5.74, 6) is -0.431. The number of nitrogens with one attached hydrogen (secondary N) is 1. The number of aromatic nitrogens is 5. The van der Waals surface area contributed by atoms with E-state index in [0.29, 0.717) is 10.5 Å². The highest BCUT2D eigenvalue weighted by molar-refractivity contribution is 6.30. The zero-order valence-electron chi connectivity index (χ0n) is 17.2. The molecule has 0 aliphatic heterocycles. The number of pyridine rings is 1. The molecule has 0 saturated carbocycles. The van der Waals surface area contributed by atoms with Crippen LogP contribution in [-0.2, 0) is 6.18 Å². The molecule has 7 nitrogen and oxygen atoms in total. The lowest BCUT2D eigenvalue weighted by Crippen LogP contribution is -2.20. The summed E-state index contributed by atoms with van der Waals surface area (Å²) in [5.41, 5.74) is 0.103. The van der Waals surface area contributed by atoms with Crippen molar-refractivity contribution in [2.45, 2.75) is 6.18 Å². The second-order valence-electron chi connectivity index (χ2n) is 7.26. The Morgan fingerprint density at radius 3 is 2.53 bits per heavy atom. The van der Waals surface area contributed by atoms with E-state index in [0.717, 1.165) is 17.2 Å². The molecule has 2 aromatic carbocycles. The number of imidazole rings is 1. The number of amides is 1. The molecule has 0 fully saturated rings. The summed E-state index contributed by atoms with van der Waals surface area (Å²) < 4.78 is 44.0. The van der Waals surface area contributed by atoms with Crippen molar-refractivity contribution in [1.29, 1.82) is 0 Å². The minimum atomic E-state index is -4.84. The second kappa shape index (κ2) is 8.31. The van der Waals surface area contributed by atoms with E-state index in [1.54, 1.807) is 23.0 Å². The molecule has 0 spiro atoms. The van der Waals surface area contributed by atoms with Gasteiger partial charge >= 0.3 is 6.18 Å². The number of benzene rings is 2. The standard InChI is InChI=1S/C23H14ClF3N6O/c24-14-4-3-5-16(10-14)33-21(23(25,26)27)17(12-30-33)22(34)31-15-8-9-20(28-11-15)32-13-29-18-6-1-2-7-19(18)32/h1-13H,(H,31,34). The third kappa shape index (κ3) is 3.99. The first-order valence-electron chi connectivity index (χ1n) is 9.92. The molecular formula is C23H14ClF3N6O. The van der Waals surface area contributed by atoms with Crippen molar-refractivity contribution in [3.63, 3.8) is 0 Å². The number of hydrogen-bond acceptors (Lipinski definition) is 4. The summed E-state index contributed by atoms with van der Waals surface area (Å²) >= 11 is 5.91. The minimum Gasteiger partial charge on any atom is -0.320 e. The number of nitrogens with zero attached hydrogens (tertiary/aromatic N) is 5. The van der Waals surface area contributed by atoms with Crippen LogP contribution >= 0.6 is 11.6 Å². The van der Waals surface area contributed by atoms with Crippen molar-refractivity contribution in [3.8, 4) is 11.5 Å². The van der Waals surface area contributed by atoms with Crippen molar-refractivity contribution in [2.24, 2.45) is 0 Å². The predicted octanol–water partition coefficient (Wildman–Crippen LogP) is 5.53. The van der Waals surface area contributed by atoms with Crippen LogP contribution < -0.4 is 5.32 Å². The van der Waals surface area contributed by atoms with Crippen LogP contribution in [0, 0.1) is 0 Å². The van der Waals surface area contributed by atoms with Gasteiger partial charge in [0.25, 0.3) is 5.91 Å². The topological polar surface area (TPSA) is 77.6 Å². The molecule has 0 atom stereocenters. The van der Waals surface area contributed by atoms with Gasteiger partial charge in [-0.1, -0.05) is 29.8 Å². The maximum absolute atomic E-state index is 13.9. The smallest absolute Gasteiger partial charge is 0.320 e. The van der Waals surface area contributed by atoms with Crippen LogP contribution in [0.2, 0.25) is 5.02 Å². The van der Waals surface area contributed by atoms with Crippen LogP contribution in [0.5, 0.6) is 0 Å². The number of anilines is 1. The van der Waals surface area contributed by atoms with Gasteiger partial charge in [0.15, 0.2) is 5.69 Å². The van der Waals surface area contributed by atoms with Crippen LogP contribution in [0.4, 0.5) is 18.9 Å². The fourth-order valence-corrected chi connectivity index (χ4v) is 3.72. The Morgan fingerprint density at radius 1 is 0.971 bits per heavy atom. The van der Waals surface area contributed by atoms with Crippen LogP contribution in [0.15, 0.2) is 79.4 Å². The zero-order valence-corrected chi connectivity index (χ0v) is 17.9. The van der Waals surface area contributed by atoms with Crippen molar-refractivity contribution in [1.82, 2.24) is 24.3 Å². The van der Waals surface area contributed by atoms with Crippen LogP contribution in [0.3, 0.4) is 0 Å². The first-order valence-corrected chi connectivity index (χ1v) is 10.3. The fraction of sp³-hybridized carbons (Fsp3) is 0.0435. The van der Waals surface area contributed by atoms with Gasteiger partial charge in [0.1, 0.15) is 12.1 Å². The normalized spacial score (nSPS) is 11.6. The molecule has 1 N–H and O–H groups in total. The number of halogens is 4. The Hall–Kier alpha value is -4.18. The molecule has 0 aliphatic carbocycles. The van der Waals surface area contributed by atoms with Crippen LogP contribution in [-0.4, -0.2) is 30.2 Å². The minimum absolute atomic E-state index is 0.0810. The first kappa shape index (κ1) is 21.7. The SMILES string of the molecule is O=C(Nc1ccc(-n2cnc3ccccc32)nc1)c1cnn(-c2cccc(Cl)c2)c1C(F)(F)F. The lowest BCUT2D eigenvalue weighted by atomic mass is 10.2. The predicted molar refractivity (Wildman–Crippen MR) is 120 cm³/mol. The Balaban J connectivity index is 1.43. The maximum Gasteiger partial charge on any atom is 0.434 e. The maximum atomic E-state index is 13.9. The molecule has 3 aromatic heterocycles. The number of hydrogen-bond donors (Lipinski definition) is 1. The highest BCUT2D eigenvalue weighted by Gasteiger charge is 2.40. The van der Waals surface area contributed by atoms with Crippen molar-refractivity contribution in [2.75, 3.05) is 5.32 Å². The second-order valence-corrected chi connectivity index (χ2v) is 7.70. The summed E-state index contributed by atoms with van der Waals surface area (Å²) in [4.78, 5) is 21.4. The highest BCUT2D eigenvalue weighted by atomic mass is 35.5. The van der Waals surface area contributed by atoms with Gasteiger partial charge in [-0.25, -0.2) is 14.6 Å². The molecule has 1 amide bonds. The number of carbonyl (C=O) groups excluding carboxylic acids is 1. The largest absolute Gasteiger partial charge is 0.434 e. The lowest BCUT2D eigenvalue weighted by Gasteiger charge is -2.13. The molecule has 5 aromatic rings. The van der Waals surface area contributed by atoms with E-state index in [4.69, 9.17) is 11.6 Å². The summed E-state index contributed by atoms with van der Waals surface area (Å²) in [6.45, 7) is 0. The van der Waals surface area contributed by atoms with E-state index in [1.807, 2.05) is 24.3 Å². The van der Waals surface area contributed by atoms with Gasteiger partial charge in [0.2, 0.25) is 0 Å². The average molecular weight is 483 g/mol. The molecule has 170 valence electrons. The summed E-state index contributed by atoms with van der Waals surface area (Å²) in [6, 6.07) is 16.4. The van der Waals surface area contributed by atoms with E-state index in [2.05, 4.69) is 20.4 Å². The monoisotopic (exact) mass is 482 g/mol.